The van der Waals surface area contributed by atoms with Gasteiger partial charge in [0.05, 0.1) is 0 Å². The molecule has 1 saturated carbocycles. The highest BCUT2D eigenvalue weighted by molar-refractivity contribution is 5.76. The van der Waals surface area contributed by atoms with Crippen LogP contribution in [-0.4, -0.2) is 12.5 Å². The lowest BCUT2D eigenvalue weighted by Gasteiger charge is -2.11. The molecular weight excluding hydrogens is 162 g/mol. The highest BCUT2D eigenvalue weighted by Crippen LogP contribution is 2.23. The van der Waals surface area contributed by atoms with Gasteiger partial charge in [0.2, 0.25) is 5.91 Å². The molecule has 1 N–H and O–H groups in total. The number of rotatable bonds is 4. The first-order chi connectivity index (χ1) is 6.18. The van der Waals surface area contributed by atoms with Crippen molar-refractivity contribution < 1.29 is 4.79 Å². The van der Waals surface area contributed by atoms with Gasteiger partial charge in [-0.3, -0.25) is 4.79 Å². The SMILES string of the molecule is CC(C)CC(=O)NCC1CCCC1. The van der Waals surface area contributed by atoms with E-state index in [1.165, 1.54) is 25.7 Å². The second kappa shape index (κ2) is 5.25. The van der Waals surface area contributed by atoms with E-state index in [0.29, 0.717) is 12.3 Å². The molecule has 0 aromatic heterocycles. The molecule has 1 amide bonds. The van der Waals surface area contributed by atoms with Crippen molar-refractivity contribution in [3.05, 3.63) is 0 Å². The van der Waals surface area contributed by atoms with Crippen LogP contribution in [0.5, 0.6) is 0 Å². The average molecular weight is 183 g/mol. The molecule has 76 valence electrons. The Bertz CT molecular complexity index is 159. The second-order valence-electron chi connectivity index (χ2n) is 4.55. The van der Waals surface area contributed by atoms with E-state index in [0.717, 1.165) is 12.5 Å². The number of hydrogen-bond acceptors (Lipinski definition) is 1. The molecule has 0 atom stereocenters. The van der Waals surface area contributed by atoms with E-state index in [9.17, 15) is 4.79 Å². The quantitative estimate of drug-likeness (QED) is 0.712. The van der Waals surface area contributed by atoms with Gasteiger partial charge < -0.3 is 5.32 Å². The van der Waals surface area contributed by atoms with Gasteiger partial charge in [0.25, 0.3) is 0 Å². The highest BCUT2D eigenvalue weighted by atomic mass is 16.1. The third-order valence-electron chi connectivity index (χ3n) is 2.66. The zero-order valence-corrected chi connectivity index (χ0v) is 8.81. The average Bonchev–Trinajstić information content (AvgIpc) is 2.51. The van der Waals surface area contributed by atoms with Gasteiger partial charge >= 0.3 is 0 Å². The van der Waals surface area contributed by atoms with Gasteiger partial charge in [0.15, 0.2) is 0 Å². The Morgan fingerprint density at radius 3 is 2.54 bits per heavy atom. The summed E-state index contributed by atoms with van der Waals surface area (Å²) in [6.45, 7) is 5.07. The van der Waals surface area contributed by atoms with Gasteiger partial charge in [0, 0.05) is 13.0 Å². The molecule has 0 aromatic rings. The lowest BCUT2D eigenvalue weighted by molar-refractivity contribution is -0.121. The fraction of sp³-hybridized carbons (Fsp3) is 0.909. The van der Waals surface area contributed by atoms with E-state index in [-0.39, 0.29) is 5.91 Å². The minimum absolute atomic E-state index is 0.224. The van der Waals surface area contributed by atoms with E-state index >= 15 is 0 Å². The summed E-state index contributed by atoms with van der Waals surface area (Å²) in [5.41, 5.74) is 0. The normalized spacial score (nSPS) is 18.1. The third-order valence-corrected chi connectivity index (χ3v) is 2.66. The third kappa shape index (κ3) is 4.30. The molecule has 0 saturated heterocycles. The Hall–Kier alpha value is -0.530. The molecule has 0 bridgehead atoms. The zero-order chi connectivity index (χ0) is 9.68. The van der Waals surface area contributed by atoms with Gasteiger partial charge in [-0.15, -0.1) is 0 Å². The van der Waals surface area contributed by atoms with Crippen molar-refractivity contribution in [2.24, 2.45) is 11.8 Å². The summed E-state index contributed by atoms with van der Waals surface area (Å²) in [5.74, 6) is 1.46. The molecule has 0 aliphatic heterocycles. The van der Waals surface area contributed by atoms with Crippen LogP contribution in [-0.2, 0) is 4.79 Å². The number of hydrogen-bond donors (Lipinski definition) is 1. The van der Waals surface area contributed by atoms with E-state index in [1.54, 1.807) is 0 Å². The molecule has 0 aromatic carbocycles. The Balaban J connectivity index is 2.07. The van der Waals surface area contributed by atoms with Gasteiger partial charge in [-0.2, -0.15) is 0 Å². The Labute approximate surface area is 81.1 Å². The first kappa shape index (κ1) is 10.6. The predicted octanol–water partition coefficient (Wildman–Crippen LogP) is 2.34. The molecule has 1 rings (SSSR count). The number of amides is 1. The van der Waals surface area contributed by atoms with Gasteiger partial charge in [-0.1, -0.05) is 26.7 Å². The lowest BCUT2D eigenvalue weighted by atomic mass is 10.1. The molecule has 13 heavy (non-hydrogen) atoms. The summed E-state index contributed by atoms with van der Waals surface area (Å²) in [6, 6.07) is 0. The van der Waals surface area contributed by atoms with E-state index < -0.39 is 0 Å². The van der Waals surface area contributed by atoms with Crippen LogP contribution in [0.2, 0.25) is 0 Å². The van der Waals surface area contributed by atoms with E-state index in [4.69, 9.17) is 0 Å². The molecule has 1 aliphatic rings. The first-order valence-corrected chi connectivity index (χ1v) is 5.45. The molecule has 1 aliphatic carbocycles. The van der Waals surface area contributed by atoms with Crippen LogP contribution >= 0.6 is 0 Å². The molecule has 0 spiro atoms. The molecular formula is C11H21NO. The molecule has 1 fully saturated rings. The van der Waals surface area contributed by atoms with Crippen LogP contribution in [0.3, 0.4) is 0 Å². The van der Waals surface area contributed by atoms with Crippen molar-refractivity contribution in [3.63, 3.8) is 0 Å². The van der Waals surface area contributed by atoms with E-state index in [2.05, 4.69) is 19.2 Å². The summed E-state index contributed by atoms with van der Waals surface area (Å²) in [6.07, 6.45) is 5.99. The van der Waals surface area contributed by atoms with Crippen molar-refractivity contribution in [2.45, 2.75) is 46.0 Å². The monoisotopic (exact) mass is 183 g/mol. The van der Waals surface area contributed by atoms with Gasteiger partial charge in [0.1, 0.15) is 0 Å². The maximum atomic E-state index is 11.3. The Morgan fingerprint density at radius 2 is 2.00 bits per heavy atom. The van der Waals surface area contributed by atoms with Crippen molar-refractivity contribution in [2.75, 3.05) is 6.54 Å². The molecule has 2 heteroatoms. The number of nitrogens with one attached hydrogen (secondary N) is 1. The highest BCUT2D eigenvalue weighted by Gasteiger charge is 2.15. The molecule has 0 heterocycles. The summed E-state index contributed by atoms with van der Waals surface area (Å²) in [5, 5.41) is 3.02. The van der Waals surface area contributed by atoms with Crippen molar-refractivity contribution in [1.29, 1.82) is 0 Å². The molecule has 2 nitrogen and oxygen atoms in total. The Morgan fingerprint density at radius 1 is 1.38 bits per heavy atom. The topological polar surface area (TPSA) is 29.1 Å². The standard InChI is InChI=1S/C11H21NO/c1-9(2)7-11(13)12-8-10-5-3-4-6-10/h9-10H,3-8H2,1-2H3,(H,12,13). The van der Waals surface area contributed by atoms with Crippen LogP contribution in [0.15, 0.2) is 0 Å². The second-order valence-corrected chi connectivity index (χ2v) is 4.55. The van der Waals surface area contributed by atoms with Crippen LogP contribution in [0, 0.1) is 11.8 Å². The van der Waals surface area contributed by atoms with Crippen LogP contribution < -0.4 is 5.32 Å². The van der Waals surface area contributed by atoms with Crippen molar-refractivity contribution in [3.8, 4) is 0 Å². The largest absolute Gasteiger partial charge is 0.356 e. The lowest BCUT2D eigenvalue weighted by Crippen LogP contribution is -2.29. The summed E-state index contributed by atoms with van der Waals surface area (Å²) in [7, 11) is 0. The van der Waals surface area contributed by atoms with Gasteiger partial charge in [-0.05, 0) is 24.7 Å². The predicted molar refractivity (Wildman–Crippen MR) is 54.4 cm³/mol. The number of carbonyl (C=O) groups excluding carboxylic acids is 1. The van der Waals surface area contributed by atoms with Crippen LogP contribution in [0.25, 0.3) is 0 Å². The van der Waals surface area contributed by atoms with Crippen LogP contribution in [0.1, 0.15) is 46.0 Å². The first-order valence-electron chi connectivity index (χ1n) is 5.45. The van der Waals surface area contributed by atoms with Crippen molar-refractivity contribution in [1.82, 2.24) is 5.32 Å². The van der Waals surface area contributed by atoms with Crippen molar-refractivity contribution >= 4 is 5.91 Å². The molecule has 0 radical (unpaired) electrons. The summed E-state index contributed by atoms with van der Waals surface area (Å²) < 4.78 is 0. The molecule has 0 unspecified atom stereocenters. The van der Waals surface area contributed by atoms with E-state index in [1.807, 2.05) is 0 Å². The zero-order valence-electron chi connectivity index (χ0n) is 8.81. The number of carbonyl (C=O) groups is 1. The fourth-order valence-corrected chi connectivity index (χ4v) is 1.92. The smallest absolute Gasteiger partial charge is 0.220 e. The summed E-state index contributed by atoms with van der Waals surface area (Å²) >= 11 is 0. The minimum atomic E-state index is 0.224. The van der Waals surface area contributed by atoms with Gasteiger partial charge in [-0.25, -0.2) is 0 Å². The maximum Gasteiger partial charge on any atom is 0.220 e. The minimum Gasteiger partial charge on any atom is -0.356 e. The Kier molecular flexibility index (Phi) is 4.26. The maximum absolute atomic E-state index is 11.3. The van der Waals surface area contributed by atoms with Crippen LogP contribution in [0.4, 0.5) is 0 Å². The summed E-state index contributed by atoms with van der Waals surface area (Å²) in [4.78, 5) is 11.3. The fourth-order valence-electron chi connectivity index (χ4n) is 1.92.